The Morgan fingerprint density at radius 1 is 0.632 bits per heavy atom. The number of benzene rings is 4. The van der Waals surface area contributed by atoms with Gasteiger partial charge in [0, 0.05) is 5.56 Å². The monoisotopic (exact) mass is 802 g/mol. The first-order valence-corrected chi connectivity index (χ1v) is 15.6. The normalized spacial score (nSPS) is 20.4. The van der Waals surface area contributed by atoms with E-state index in [0.717, 1.165) is 0 Å². The van der Waals surface area contributed by atoms with Crippen LogP contribution in [-0.2, 0) is 18.9 Å². The van der Waals surface area contributed by atoms with Crippen molar-refractivity contribution in [3.05, 3.63) is 52.6 Å². The molecule has 1 fully saturated rings. The summed E-state index contributed by atoms with van der Waals surface area (Å²) in [6, 6.07) is 2.78. The maximum absolute atomic E-state index is 14.3. The molecule has 0 spiro atoms. The summed E-state index contributed by atoms with van der Waals surface area (Å²) >= 11 is 0. The van der Waals surface area contributed by atoms with Gasteiger partial charge >= 0.3 is 23.9 Å². The van der Waals surface area contributed by atoms with Gasteiger partial charge in [-0.15, -0.1) is 0 Å². The van der Waals surface area contributed by atoms with Crippen molar-refractivity contribution in [2.45, 2.75) is 30.7 Å². The summed E-state index contributed by atoms with van der Waals surface area (Å²) in [6.45, 7) is -1.09. The van der Waals surface area contributed by atoms with E-state index < -0.39 is 169 Å². The summed E-state index contributed by atoms with van der Waals surface area (Å²) in [6.07, 6.45) is -11.2. The molecule has 2 aliphatic rings. The number of hydrogen-bond acceptors (Lipinski definition) is 22. The molecule has 4 aromatic carbocycles. The molecule has 0 aliphatic carbocycles. The van der Waals surface area contributed by atoms with Gasteiger partial charge in [0.05, 0.1) is 22.3 Å². The van der Waals surface area contributed by atoms with Crippen molar-refractivity contribution < 1.29 is 114 Å². The molecule has 2 heterocycles. The number of phenolic OH excluding ortho intramolecular Hbond substituents is 11. The minimum absolute atomic E-state index is 0.446. The quantitative estimate of drug-likeness (QED) is 0.0746. The first kappa shape index (κ1) is 38.9. The first-order chi connectivity index (χ1) is 26.7. The van der Waals surface area contributed by atoms with Crippen LogP contribution in [0.1, 0.15) is 41.4 Å². The molecule has 0 aromatic heterocycles. The molecule has 0 unspecified atom stereocenters. The predicted molar refractivity (Wildman–Crippen MR) is 176 cm³/mol. The third kappa shape index (κ3) is 6.58. The maximum atomic E-state index is 14.3. The van der Waals surface area contributed by atoms with Crippen LogP contribution < -0.4 is 4.74 Å². The number of esters is 3. The Morgan fingerprint density at radius 3 is 1.84 bits per heavy atom. The summed E-state index contributed by atoms with van der Waals surface area (Å²) in [5, 5.41) is 146. The molecule has 23 nitrogen and oxygen atoms in total. The Hall–Kier alpha value is -7.76. The molecule has 0 amide bonds. The molecule has 0 radical (unpaired) electrons. The third-order valence-electron chi connectivity index (χ3n) is 8.62. The minimum atomic E-state index is -2.41. The molecular formula is C34H26O23. The van der Waals surface area contributed by atoms with E-state index in [0.29, 0.717) is 30.3 Å². The van der Waals surface area contributed by atoms with Crippen molar-refractivity contribution in [3.8, 4) is 85.9 Å². The topological polar surface area (TPSA) is 398 Å². The number of carboxylic acids is 1. The number of phenols is 11. The minimum Gasteiger partial charge on any atom is -0.504 e. The van der Waals surface area contributed by atoms with E-state index in [-0.39, 0.29) is 0 Å². The number of ether oxygens (including phenoxy) is 5. The zero-order valence-electron chi connectivity index (χ0n) is 27.9. The van der Waals surface area contributed by atoms with E-state index in [1.807, 2.05) is 0 Å². The molecule has 0 bridgehead atoms. The lowest BCUT2D eigenvalue weighted by Crippen LogP contribution is -2.61. The van der Waals surface area contributed by atoms with Crippen molar-refractivity contribution in [1.29, 1.82) is 0 Å². The van der Waals surface area contributed by atoms with E-state index in [1.165, 1.54) is 0 Å². The van der Waals surface area contributed by atoms with E-state index in [2.05, 4.69) is 0 Å². The van der Waals surface area contributed by atoms with Crippen LogP contribution in [0.2, 0.25) is 0 Å². The Bertz CT molecular complexity index is 2360. The Balaban J connectivity index is 1.55. The van der Waals surface area contributed by atoms with Gasteiger partial charge in [0.25, 0.3) is 0 Å². The molecule has 300 valence electrons. The fraction of sp³-hybridized carbons (Fsp3) is 0.176. The van der Waals surface area contributed by atoms with E-state index in [4.69, 9.17) is 23.7 Å². The fourth-order valence-electron chi connectivity index (χ4n) is 5.84. The number of aliphatic hydroxyl groups excluding tert-OH is 2. The number of cyclic esters (lactones) is 1. The highest BCUT2D eigenvalue weighted by Gasteiger charge is 2.51. The van der Waals surface area contributed by atoms with Crippen molar-refractivity contribution in [2.75, 3.05) is 6.61 Å². The molecule has 2 aliphatic heterocycles. The van der Waals surface area contributed by atoms with E-state index in [9.17, 15) is 90.7 Å². The standard InChI is InChI=1S/C34H26O23/c35-10-2-8(3-11(36)19(10)39)31(49)57-29-26(46)27-15(55-34(29)52)6-53-32(50)9-5-13(38)21(41)22(42)16(9)17-18(33(51)56-27)28(25(45)24(44)23(17)43)54-14-4-7(30(47)48)1-12(37)20(14)40/h1-5,15,26-27,29,34-46,52H,6H2,(H,47,48)/t15-,26-,27-,29-,34+/m0/s1. The highest BCUT2D eigenvalue weighted by Crippen LogP contribution is 2.58. The van der Waals surface area contributed by atoms with Crippen LogP contribution in [0.5, 0.6) is 74.7 Å². The Kier molecular flexibility index (Phi) is 9.67. The number of aromatic carboxylic acids is 1. The highest BCUT2D eigenvalue weighted by molar-refractivity contribution is 6.10. The van der Waals surface area contributed by atoms with Gasteiger partial charge < -0.3 is 95.2 Å². The van der Waals surface area contributed by atoms with E-state index in [1.54, 1.807) is 0 Å². The summed E-state index contributed by atoms with van der Waals surface area (Å²) < 4.78 is 26.4. The number of carbonyl (C=O) groups is 4. The summed E-state index contributed by atoms with van der Waals surface area (Å²) in [5.74, 6) is -23.5. The second-order valence-corrected chi connectivity index (χ2v) is 12.1. The molecule has 23 heteroatoms. The number of aromatic hydroxyl groups is 11. The van der Waals surface area contributed by atoms with Crippen molar-refractivity contribution >= 4 is 23.9 Å². The second-order valence-electron chi connectivity index (χ2n) is 12.1. The molecule has 4 aromatic rings. The molecule has 14 N–H and O–H groups in total. The Morgan fingerprint density at radius 2 is 1.21 bits per heavy atom. The molecule has 57 heavy (non-hydrogen) atoms. The van der Waals surface area contributed by atoms with Gasteiger partial charge in [0.2, 0.25) is 23.0 Å². The predicted octanol–water partition coefficient (Wildman–Crippen LogP) is 0.605. The average molecular weight is 803 g/mol. The number of aliphatic hydroxyl groups is 2. The van der Waals surface area contributed by atoms with Crippen LogP contribution in [-0.4, -0.2) is 133 Å². The van der Waals surface area contributed by atoms with Gasteiger partial charge in [-0.2, -0.15) is 0 Å². The summed E-state index contributed by atoms with van der Waals surface area (Å²) in [4.78, 5) is 52.5. The molecule has 0 saturated carbocycles. The summed E-state index contributed by atoms with van der Waals surface area (Å²) in [7, 11) is 0. The van der Waals surface area contributed by atoms with Gasteiger partial charge in [0.15, 0.2) is 70.2 Å². The number of fused-ring (bicyclic) bond motifs is 4. The fourth-order valence-corrected chi connectivity index (χ4v) is 5.84. The van der Waals surface area contributed by atoms with Gasteiger partial charge in [0.1, 0.15) is 24.4 Å². The summed E-state index contributed by atoms with van der Waals surface area (Å²) in [5.41, 5.74) is -6.26. The van der Waals surface area contributed by atoms with Crippen molar-refractivity contribution in [1.82, 2.24) is 0 Å². The van der Waals surface area contributed by atoms with Crippen LogP contribution in [0, 0.1) is 0 Å². The Labute approximate surface area is 314 Å². The molecule has 6 rings (SSSR count). The van der Waals surface area contributed by atoms with E-state index >= 15 is 0 Å². The van der Waals surface area contributed by atoms with Crippen LogP contribution in [0.4, 0.5) is 0 Å². The van der Waals surface area contributed by atoms with Crippen LogP contribution in [0.25, 0.3) is 11.1 Å². The van der Waals surface area contributed by atoms with Gasteiger partial charge in [-0.3, -0.25) is 0 Å². The van der Waals surface area contributed by atoms with Crippen LogP contribution >= 0.6 is 0 Å². The number of carboxylic acid groups (broad SMARTS) is 1. The number of rotatable bonds is 5. The van der Waals surface area contributed by atoms with Gasteiger partial charge in [-0.25, -0.2) is 19.2 Å². The van der Waals surface area contributed by atoms with Crippen molar-refractivity contribution in [3.63, 3.8) is 0 Å². The lowest BCUT2D eigenvalue weighted by molar-refractivity contribution is -0.284. The zero-order valence-corrected chi connectivity index (χ0v) is 27.9. The zero-order chi connectivity index (χ0) is 41.9. The average Bonchev–Trinajstić information content (AvgIpc) is 3.17. The third-order valence-corrected chi connectivity index (χ3v) is 8.62. The smallest absolute Gasteiger partial charge is 0.343 e. The first-order valence-electron chi connectivity index (χ1n) is 15.6. The molecule has 1 saturated heterocycles. The number of hydrogen-bond donors (Lipinski definition) is 14. The van der Waals surface area contributed by atoms with Gasteiger partial charge in [-0.05, 0) is 30.3 Å². The number of carbonyl (C=O) groups excluding carboxylic acids is 3. The molecule has 5 atom stereocenters. The maximum Gasteiger partial charge on any atom is 0.343 e. The lowest BCUT2D eigenvalue weighted by atomic mass is 9.91. The second kappa shape index (κ2) is 14.1. The largest absolute Gasteiger partial charge is 0.504 e. The molecular weight excluding hydrogens is 776 g/mol. The lowest BCUT2D eigenvalue weighted by Gasteiger charge is -2.41. The SMILES string of the molecule is O=C(O)c1cc(O)c(O)c(Oc2c(O)c(O)c(O)c3c2C(=O)O[C@@H]2[C@H](O)[C@H](OC(=O)c4cc(O)c(O)c(O)c4)[C@H](O)O[C@H]2COC(=O)c2cc(O)c(O)c(O)c2-3)c1. The highest BCUT2D eigenvalue weighted by atomic mass is 16.7. The van der Waals surface area contributed by atoms with Gasteiger partial charge in [-0.1, -0.05) is 0 Å². The van der Waals surface area contributed by atoms with Crippen LogP contribution in [0.3, 0.4) is 0 Å². The van der Waals surface area contributed by atoms with Crippen molar-refractivity contribution in [2.24, 2.45) is 0 Å². The van der Waals surface area contributed by atoms with Crippen LogP contribution in [0.15, 0.2) is 30.3 Å².